The number of aromatic hydroxyl groups is 1. The fraction of sp³-hybridized carbons (Fsp3) is 0.0909. The Bertz CT molecular complexity index is 870. The van der Waals surface area contributed by atoms with Gasteiger partial charge >= 0.3 is 6.36 Å². The number of anilines is 2. The van der Waals surface area contributed by atoms with Gasteiger partial charge in [-0.25, -0.2) is 4.63 Å². The summed E-state index contributed by atoms with van der Waals surface area (Å²) in [6.45, 7) is 0. The molecule has 120 valence electrons. The summed E-state index contributed by atoms with van der Waals surface area (Å²) in [6.07, 6.45) is -4.80. The van der Waals surface area contributed by atoms with Crippen molar-refractivity contribution in [3.05, 3.63) is 22.7 Å². The van der Waals surface area contributed by atoms with E-state index in [0.29, 0.717) is 5.69 Å². The maximum Gasteiger partial charge on any atom is 0.573 e. The van der Waals surface area contributed by atoms with Gasteiger partial charge in [-0.05, 0) is 44.4 Å². The summed E-state index contributed by atoms with van der Waals surface area (Å²) in [6, 6.07) is 3.71. The van der Waals surface area contributed by atoms with Gasteiger partial charge in [-0.2, -0.15) is 9.97 Å². The summed E-state index contributed by atoms with van der Waals surface area (Å²) in [5.74, 6) is -0.945. The zero-order chi connectivity index (χ0) is 16.6. The van der Waals surface area contributed by atoms with Crippen molar-refractivity contribution < 1.29 is 27.6 Å². The van der Waals surface area contributed by atoms with Crippen LogP contribution < -0.4 is 10.1 Å². The largest absolute Gasteiger partial charge is 0.573 e. The first kappa shape index (κ1) is 15.3. The molecular weight excluding hydrogens is 387 g/mol. The zero-order valence-corrected chi connectivity index (χ0v) is 12.4. The monoisotopic (exact) mass is 391 g/mol. The molecule has 23 heavy (non-hydrogen) atoms. The molecule has 12 heteroatoms. The molecule has 0 aliphatic carbocycles. The van der Waals surface area contributed by atoms with Crippen molar-refractivity contribution in [3.63, 3.8) is 0 Å². The predicted octanol–water partition coefficient (Wildman–Crippen LogP) is 3.12. The molecule has 2 heterocycles. The summed E-state index contributed by atoms with van der Waals surface area (Å²) in [7, 11) is 0. The van der Waals surface area contributed by atoms with Gasteiger partial charge in [0.25, 0.3) is 5.88 Å². The van der Waals surface area contributed by atoms with Crippen LogP contribution in [0.1, 0.15) is 0 Å². The average molecular weight is 392 g/mol. The van der Waals surface area contributed by atoms with Crippen molar-refractivity contribution in [2.45, 2.75) is 6.36 Å². The van der Waals surface area contributed by atoms with E-state index in [-0.39, 0.29) is 21.6 Å². The van der Waals surface area contributed by atoms with Gasteiger partial charge in [-0.3, -0.25) is 0 Å². The van der Waals surface area contributed by atoms with E-state index in [4.69, 9.17) is 0 Å². The first-order valence-electron chi connectivity index (χ1n) is 5.83. The van der Waals surface area contributed by atoms with E-state index in [1.54, 1.807) is 0 Å². The summed E-state index contributed by atoms with van der Waals surface area (Å²) >= 11 is 2.96. The van der Waals surface area contributed by atoms with Crippen molar-refractivity contribution in [2.75, 3.05) is 5.32 Å². The van der Waals surface area contributed by atoms with E-state index in [1.807, 2.05) is 0 Å². The van der Waals surface area contributed by atoms with Gasteiger partial charge in [0.1, 0.15) is 5.75 Å². The van der Waals surface area contributed by atoms with Crippen molar-refractivity contribution in [1.29, 1.82) is 0 Å². The van der Waals surface area contributed by atoms with Crippen LogP contribution in [-0.2, 0) is 0 Å². The van der Waals surface area contributed by atoms with Crippen molar-refractivity contribution in [2.24, 2.45) is 0 Å². The van der Waals surface area contributed by atoms with Gasteiger partial charge in [0, 0.05) is 5.69 Å². The van der Waals surface area contributed by atoms with E-state index in [2.05, 4.69) is 50.9 Å². The van der Waals surface area contributed by atoms with Gasteiger partial charge in [0.15, 0.2) is 5.82 Å². The molecule has 0 unspecified atom stereocenters. The van der Waals surface area contributed by atoms with Crippen molar-refractivity contribution in [3.8, 4) is 11.6 Å². The molecule has 3 rings (SSSR count). The second kappa shape index (κ2) is 5.53. The lowest BCUT2D eigenvalue weighted by Gasteiger charge is -2.12. The van der Waals surface area contributed by atoms with E-state index >= 15 is 0 Å². The number of nitrogens with zero attached hydrogens (tertiary/aromatic N) is 4. The fourth-order valence-corrected chi connectivity index (χ4v) is 2.10. The van der Waals surface area contributed by atoms with Crippen molar-refractivity contribution in [1.82, 2.24) is 20.3 Å². The first-order valence-corrected chi connectivity index (χ1v) is 6.63. The van der Waals surface area contributed by atoms with Crippen LogP contribution in [0.4, 0.5) is 24.7 Å². The molecule has 0 saturated carbocycles. The molecule has 0 bridgehead atoms. The molecule has 0 radical (unpaired) electrons. The molecule has 0 atom stereocenters. The second-order valence-corrected chi connectivity index (χ2v) is 4.98. The Kier molecular flexibility index (Phi) is 3.67. The van der Waals surface area contributed by atoms with Crippen LogP contribution in [-0.4, -0.2) is 31.8 Å². The van der Waals surface area contributed by atoms with Gasteiger partial charge < -0.3 is 15.2 Å². The molecule has 0 spiro atoms. The smallest absolute Gasteiger partial charge is 0.491 e. The molecule has 8 nitrogen and oxygen atoms in total. The molecule has 0 saturated heterocycles. The Morgan fingerprint density at radius 2 is 1.87 bits per heavy atom. The highest BCUT2D eigenvalue weighted by molar-refractivity contribution is 9.10. The summed E-state index contributed by atoms with van der Waals surface area (Å²) in [4.78, 5) is 7.62. The third kappa shape index (κ3) is 3.41. The van der Waals surface area contributed by atoms with Crippen LogP contribution in [0.3, 0.4) is 0 Å². The quantitative estimate of drug-likeness (QED) is 0.701. The van der Waals surface area contributed by atoms with Crippen LogP contribution in [0.2, 0.25) is 0 Å². The van der Waals surface area contributed by atoms with Crippen LogP contribution in [0, 0.1) is 0 Å². The summed E-state index contributed by atoms with van der Waals surface area (Å²) in [5.41, 5.74) is 0.399. The molecular formula is C11H5BrF3N5O3. The summed E-state index contributed by atoms with van der Waals surface area (Å²) in [5, 5.41) is 19.3. The SMILES string of the molecule is Oc1nc2nonc2nc1Nc1ccc(OC(F)(F)F)c(Br)c1. The second-order valence-electron chi connectivity index (χ2n) is 4.13. The topological polar surface area (TPSA) is 106 Å². The number of aromatic nitrogens is 4. The number of halogens is 4. The average Bonchev–Trinajstić information content (AvgIpc) is 2.88. The molecule has 3 aromatic rings. The van der Waals surface area contributed by atoms with Crippen molar-refractivity contribution >= 4 is 38.7 Å². The number of alkyl halides is 3. The van der Waals surface area contributed by atoms with Crippen LogP contribution >= 0.6 is 15.9 Å². The minimum Gasteiger partial charge on any atom is -0.491 e. The lowest BCUT2D eigenvalue weighted by Crippen LogP contribution is -2.17. The standard InChI is InChI=1S/C11H5BrF3N5O3/c12-5-3-4(1-2-6(5)22-11(13,14)15)16-9-10(21)18-8-7(17-9)19-23-20-8/h1-3H,(H,16,17,19)(H,18,20,21). The molecule has 0 fully saturated rings. The number of benzene rings is 1. The highest BCUT2D eigenvalue weighted by atomic mass is 79.9. The number of hydrogen-bond acceptors (Lipinski definition) is 8. The van der Waals surface area contributed by atoms with E-state index < -0.39 is 18.0 Å². The third-order valence-corrected chi connectivity index (χ3v) is 3.14. The van der Waals surface area contributed by atoms with Gasteiger partial charge in [-0.15, -0.1) is 13.2 Å². The number of fused-ring (bicyclic) bond motifs is 1. The minimum atomic E-state index is -4.80. The number of ether oxygens (including phenoxy) is 1. The number of nitrogens with one attached hydrogen (secondary N) is 1. The molecule has 1 aromatic carbocycles. The summed E-state index contributed by atoms with van der Waals surface area (Å²) < 4.78 is 44.9. The van der Waals surface area contributed by atoms with Gasteiger partial charge in [0.05, 0.1) is 4.47 Å². The lowest BCUT2D eigenvalue weighted by atomic mass is 10.3. The first-order chi connectivity index (χ1) is 10.8. The van der Waals surface area contributed by atoms with E-state index in [9.17, 15) is 18.3 Å². The van der Waals surface area contributed by atoms with Crippen LogP contribution in [0.5, 0.6) is 11.6 Å². The fourth-order valence-electron chi connectivity index (χ4n) is 1.64. The third-order valence-electron chi connectivity index (χ3n) is 2.52. The maximum atomic E-state index is 12.2. The Hall–Kier alpha value is -2.63. The Morgan fingerprint density at radius 1 is 1.17 bits per heavy atom. The molecule has 0 aliphatic heterocycles. The molecule has 2 aromatic heterocycles. The van der Waals surface area contributed by atoms with E-state index in [0.717, 1.165) is 6.07 Å². The Balaban J connectivity index is 1.87. The molecule has 2 N–H and O–H groups in total. The number of rotatable bonds is 3. The Morgan fingerprint density at radius 3 is 2.52 bits per heavy atom. The lowest BCUT2D eigenvalue weighted by molar-refractivity contribution is -0.274. The maximum absolute atomic E-state index is 12.2. The predicted molar refractivity (Wildman–Crippen MR) is 73.2 cm³/mol. The minimum absolute atomic E-state index is 0.0168. The van der Waals surface area contributed by atoms with Gasteiger partial charge in [0.2, 0.25) is 11.3 Å². The normalized spacial score (nSPS) is 11.7. The zero-order valence-electron chi connectivity index (χ0n) is 10.8. The van der Waals surface area contributed by atoms with Crippen LogP contribution in [0.15, 0.2) is 27.3 Å². The Labute approximate surface area is 133 Å². The molecule has 0 aliphatic rings. The number of hydrogen-bond donors (Lipinski definition) is 2. The van der Waals surface area contributed by atoms with Gasteiger partial charge in [-0.1, -0.05) is 0 Å². The highest BCUT2D eigenvalue weighted by Gasteiger charge is 2.32. The van der Waals surface area contributed by atoms with E-state index in [1.165, 1.54) is 12.1 Å². The highest BCUT2D eigenvalue weighted by Crippen LogP contribution is 2.34. The molecule has 0 amide bonds. The van der Waals surface area contributed by atoms with Crippen LogP contribution in [0.25, 0.3) is 11.3 Å².